The van der Waals surface area contributed by atoms with Crippen molar-refractivity contribution < 1.29 is 9.59 Å². The maximum Gasteiger partial charge on any atom is 0.267 e. The predicted molar refractivity (Wildman–Crippen MR) is 71.9 cm³/mol. The molecule has 0 atom stereocenters. The van der Waals surface area contributed by atoms with Gasteiger partial charge in [-0.3, -0.25) is 14.6 Å². The van der Waals surface area contributed by atoms with Gasteiger partial charge in [-0.15, -0.1) is 0 Å². The summed E-state index contributed by atoms with van der Waals surface area (Å²) in [5.41, 5.74) is 6.42. The highest BCUT2D eigenvalue weighted by molar-refractivity contribution is 6.05. The smallest absolute Gasteiger partial charge is 0.267 e. The lowest BCUT2D eigenvalue weighted by atomic mass is 10.2. The average Bonchev–Trinajstić information content (AvgIpc) is 2.46. The lowest BCUT2D eigenvalue weighted by Crippen LogP contribution is -2.26. The Bertz CT molecular complexity index is 594. The van der Waals surface area contributed by atoms with E-state index in [1.807, 2.05) is 30.3 Å². The highest BCUT2D eigenvalue weighted by atomic mass is 16.2. The molecule has 0 fully saturated rings. The predicted octanol–water partition coefficient (Wildman–Crippen LogP) is 1.46. The van der Waals surface area contributed by atoms with E-state index in [0.29, 0.717) is 5.56 Å². The number of anilines is 1. The molecule has 5 nitrogen and oxygen atoms in total. The van der Waals surface area contributed by atoms with Crippen LogP contribution >= 0.6 is 0 Å². The zero-order valence-electron chi connectivity index (χ0n) is 10.4. The molecule has 1 aromatic carbocycles. The summed E-state index contributed by atoms with van der Waals surface area (Å²) in [6, 6.07) is 12.2. The summed E-state index contributed by atoms with van der Waals surface area (Å²) in [6.45, 7) is 0. The minimum absolute atomic E-state index is 0.138. The first kappa shape index (κ1) is 12.8. The first-order chi connectivity index (χ1) is 9.09. The van der Waals surface area contributed by atoms with Crippen molar-refractivity contribution in [3.63, 3.8) is 0 Å². The molecule has 0 aliphatic carbocycles. The van der Waals surface area contributed by atoms with Crippen LogP contribution in [0.15, 0.2) is 48.7 Å². The molecule has 0 bridgehead atoms. The molecule has 96 valence electrons. The third-order valence-electron chi connectivity index (χ3n) is 2.71. The van der Waals surface area contributed by atoms with E-state index < -0.39 is 5.91 Å². The third kappa shape index (κ3) is 2.77. The van der Waals surface area contributed by atoms with Gasteiger partial charge in [-0.25, -0.2) is 0 Å². The Hall–Kier alpha value is -2.69. The van der Waals surface area contributed by atoms with Gasteiger partial charge in [0.05, 0.1) is 5.56 Å². The molecule has 2 N–H and O–H groups in total. The van der Waals surface area contributed by atoms with Gasteiger partial charge in [-0.2, -0.15) is 0 Å². The Morgan fingerprint density at radius 2 is 1.79 bits per heavy atom. The quantitative estimate of drug-likeness (QED) is 0.902. The van der Waals surface area contributed by atoms with Crippen molar-refractivity contribution in [2.45, 2.75) is 0 Å². The second kappa shape index (κ2) is 5.30. The summed E-state index contributed by atoms with van der Waals surface area (Å²) in [5, 5.41) is 0. The fourth-order valence-corrected chi connectivity index (χ4v) is 1.63. The van der Waals surface area contributed by atoms with E-state index in [2.05, 4.69) is 4.98 Å². The molecule has 0 saturated carbocycles. The van der Waals surface area contributed by atoms with Crippen LogP contribution in [0.4, 0.5) is 5.69 Å². The molecule has 0 spiro atoms. The summed E-state index contributed by atoms with van der Waals surface area (Å²) in [5.74, 6) is -0.815. The van der Waals surface area contributed by atoms with Crippen molar-refractivity contribution >= 4 is 17.5 Å². The number of nitrogens with zero attached hydrogens (tertiary/aromatic N) is 2. The zero-order valence-corrected chi connectivity index (χ0v) is 10.4. The lowest BCUT2D eigenvalue weighted by molar-refractivity contribution is 0.0981. The largest absolute Gasteiger partial charge is 0.364 e. The highest BCUT2D eigenvalue weighted by Gasteiger charge is 2.14. The fraction of sp³-hybridized carbons (Fsp3) is 0.0714. The van der Waals surface area contributed by atoms with Crippen LogP contribution in [0.2, 0.25) is 0 Å². The number of amides is 2. The van der Waals surface area contributed by atoms with E-state index in [-0.39, 0.29) is 11.6 Å². The molecule has 0 saturated heterocycles. The Morgan fingerprint density at radius 3 is 2.32 bits per heavy atom. The van der Waals surface area contributed by atoms with Crippen LogP contribution in [0.1, 0.15) is 20.8 Å². The van der Waals surface area contributed by atoms with E-state index in [1.165, 1.54) is 23.2 Å². The number of rotatable bonds is 3. The lowest BCUT2D eigenvalue weighted by Gasteiger charge is -2.17. The normalized spacial score (nSPS) is 9.95. The molecule has 5 heteroatoms. The monoisotopic (exact) mass is 255 g/mol. The SMILES string of the molecule is CN(C(=O)c1ccc(C(N)=O)nc1)c1ccccc1. The van der Waals surface area contributed by atoms with Crippen molar-refractivity contribution in [2.75, 3.05) is 11.9 Å². The molecule has 0 aliphatic rings. The van der Waals surface area contributed by atoms with Gasteiger partial charge in [-0.05, 0) is 24.3 Å². The molecule has 1 heterocycles. The first-order valence-corrected chi connectivity index (χ1v) is 5.68. The average molecular weight is 255 g/mol. The van der Waals surface area contributed by atoms with Crippen LogP contribution < -0.4 is 10.6 Å². The minimum Gasteiger partial charge on any atom is -0.364 e. The van der Waals surface area contributed by atoms with E-state index in [4.69, 9.17) is 5.73 Å². The maximum absolute atomic E-state index is 12.2. The standard InChI is InChI=1S/C14H13N3O2/c1-17(11-5-3-2-4-6-11)14(19)10-7-8-12(13(15)18)16-9-10/h2-9H,1H3,(H2,15,18). The van der Waals surface area contributed by atoms with Crippen LogP contribution in [-0.4, -0.2) is 23.8 Å². The molecular formula is C14H13N3O2. The summed E-state index contributed by atoms with van der Waals surface area (Å²) >= 11 is 0. The molecule has 0 radical (unpaired) electrons. The minimum atomic E-state index is -0.615. The van der Waals surface area contributed by atoms with Crippen molar-refractivity contribution in [1.82, 2.24) is 4.98 Å². The van der Waals surface area contributed by atoms with Gasteiger partial charge < -0.3 is 10.6 Å². The Labute approximate surface area is 110 Å². The van der Waals surface area contributed by atoms with Crippen molar-refractivity contribution in [2.24, 2.45) is 5.73 Å². The van der Waals surface area contributed by atoms with Gasteiger partial charge in [0.15, 0.2) is 0 Å². The number of benzene rings is 1. The fourth-order valence-electron chi connectivity index (χ4n) is 1.63. The maximum atomic E-state index is 12.2. The van der Waals surface area contributed by atoms with Crippen LogP contribution in [0.25, 0.3) is 0 Å². The zero-order chi connectivity index (χ0) is 13.8. The van der Waals surface area contributed by atoms with E-state index in [0.717, 1.165) is 5.69 Å². The first-order valence-electron chi connectivity index (χ1n) is 5.68. The number of hydrogen-bond donors (Lipinski definition) is 1. The third-order valence-corrected chi connectivity index (χ3v) is 2.71. The number of nitrogens with two attached hydrogens (primary N) is 1. The molecule has 1 aromatic heterocycles. The number of carbonyl (C=O) groups excluding carboxylic acids is 2. The summed E-state index contributed by atoms with van der Waals surface area (Å²) in [6.07, 6.45) is 1.35. The number of para-hydroxylation sites is 1. The van der Waals surface area contributed by atoms with Crippen molar-refractivity contribution in [3.05, 3.63) is 59.9 Å². The van der Waals surface area contributed by atoms with Crippen LogP contribution in [0.3, 0.4) is 0 Å². The van der Waals surface area contributed by atoms with Gasteiger partial charge >= 0.3 is 0 Å². The van der Waals surface area contributed by atoms with Gasteiger partial charge in [0.25, 0.3) is 11.8 Å². The molecular weight excluding hydrogens is 242 g/mol. The molecule has 0 aliphatic heterocycles. The van der Waals surface area contributed by atoms with Gasteiger partial charge in [-0.1, -0.05) is 18.2 Å². The molecule has 2 rings (SSSR count). The number of pyridine rings is 1. The Morgan fingerprint density at radius 1 is 1.11 bits per heavy atom. The van der Waals surface area contributed by atoms with Crippen LogP contribution in [-0.2, 0) is 0 Å². The number of aromatic nitrogens is 1. The van der Waals surface area contributed by atoms with Gasteiger partial charge in [0.1, 0.15) is 5.69 Å². The molecule has 2 aromatic rings. The second-order valence-corrected chi connectivity index (χ2v) is 4.00. The van der Waals surface area contributed by atoms with Crippen LogP contribution in [0.5, 0.6) is 0 Å². The summed E-state index contributed by atoms with van der Waals surface area (Å²) in [7, 11) is 1.68. The Kier molecular flexibility index (Phi) is 3.56. The summed E-state index contributed by atoms with van der Waals surface area (Å²) < 4.78 is 0. The number of hydrogen-bond acceptors (Lipinski definition) is 3. The topological polar surface area (TPSA) is 76.3 Å². The van der Waals surface area contributed by atoms with Crippen LogP contribution in [0, 0.1) is 0 Å². The number of primary amides is 1. The molecule has 2 amide bonds. The Balaban J connectivity index is 2.22. The van der Waals surface area contributed by atoms with E-state index in [1.54, 1.807) is 7.05 Å². The van der Waals surface area contributed by atoms with Crippen molar-refractivity contribution in [1.29, 1.82) is 0 Å². The molecule has 0 unspecified atom stereocenters. The highest BCUT2D eigenvalue weighted by Crippen LogP contribution is 2.14. The van der Waals surface area contributed by atoms with E-state index in [9.17, 15) is 9.59 Å². The summed E-state index contributed by atoms with van der Waals surface area (Å²) in [4.78, 5) is 28.5. The molecule has 19 heavy (non-hydrogen) atoms. The number of carbonyl (C=O) groups is 2. The van der Waals surface area contributed by atoms with Crippen molar-refractivity contribution in [3.8, 4) is 0 Å². The second-order valence-electron chi connectivity index (χ2n) is 4.00. The van der Waals surface area contributed by atoms with E-state index >= 15 is 0 Å². The van der Waals surface area contributed by atoms with Gasteiger partial charge in [0, 0.05) is 18.9 Å². The van der Waals surface area contributed by atoms with Gasteiger partial charge in [0.2, 0.25) is 0 Å².